The summed E-state index contributed by atoms with van der Waals surface area (Å²) in [7, 11) is 0. The van der Waals surface area contributed by atoms with Gasteiger partial charge in [-0.3, -0.25) is 0 Å². The molecule has 3 heteroatoms. The van der Waals surface area contributed by atoms with E-state index in [9.17, 15) is 0 Å². The van der Waals surface area contributed by atoms with Crippen LogP contribution in [0.1, 0.15) is 13.8 Å². The van der Waals surface area contributed by atoms with Gasteiger partial charge in [0.2, 0.25) is 0 Å². The molecule has 0 aromatic carbocycles. The van der Waals surface area contributed by atoms with E-state index in [0.29, 0.717) is 11.6 Å². The molecule has 0 aliphatic heterocycles. The maximum atomic E-state index is 5.62. The molecular formula is C11H15N3. The lowest BCUT2D eigenvalue weighted by molar-refractivity contribution is 0.612. The Kier molecular flexibility index (Phi) is 3.35. The molecule has 0 aliphatic carbocycles. The van der Waals surface area contributed by atoms with Crippen molar-refractivity contribution in [2.24, 2.45) is 5.92 Å². The molecule has 1 atom stereocenters. The summed E-state index contributed by atoms with van der Waals surface area (Å²) in [5, 5.41) is 3.14. The molecule has 1 rings (SSSR count). The highest BCUT2D eigenvalue weighted by atomic mass is 15.0. The molecule has 1 aromatic heterocycles. The van der Waals surface area contributed by atoms with Crippen molar-refractivity contribution in [3.05, 3.63) is 18.3 Å². The summed E-state index contributed by atoms with van der Waals surface area (Å²) >= 11 is 0. The molecular weight excluding hydrogens is 174 g/mol. The summed E-state index contributed by atoms with van der Waals surface area (Å²) in [5.74, 6) is 3.77. The Morgan fingerprint density at radius 1 is 1.57 bits per heavy atom. The molecule has 3 N–H and O–H groups in total. The zero-order chi connectivity index (χ0) is 10.6. The minimum absolute atomic E-state index is 0.00991. The monoisotopic (exact) mass is 189 g/mol. The largest absolute Gasteiger partial charge is 0.399 e. The van der Waals surface area contributed by atoms with E-state index in [1.165, 1.54) is 0 Å². The molecule has 0 amide bonds. The van der Waals surface area contributed by atoms with Gasteiger partial charge in [-0.2, -0.15) is 0 Å². The van der Waals surface area contributed by atoms with Crippen LogP contribution in [-0.4, -0.2) is 11.0 Å². The number of nitrogens with zero attached hydrogens (tertiary/aromatic N) is 1. The lowest BCUT2D eigenvalue weighted by Gasteiger charge is -2.17. The van der Waals surface area contributed by atoms with E-state index < -0.39 is 0 Å². The third kappa shape index (κ3) is 2.67. The molecule has 3 nitrogen and oxygen atoms in total. The van der Waals surface area contributed by atoms with Gasteiger partial charge < -0.3 is 11.1 Å². The second-order valence-corrected chi connectivity index (χ2v) is 3.51. The molecule has 1 unspecified atom stereocenters. The number of nitrogens with two attached hydrogens (primary N) is 1. The third-order valence-corrected chi connectivity index (χ3v) is 1.93. The third-order valence-electron chi connectivity index (χ3n) is 1.93. The van der Waals surface area contributed by atoms with E-state index in [1.807, 2.05) is 0 Å². The smallest absolute Gasteiger partial charge is 0.128 e. The van der Waals surface area contributed by atoms with Crippen molar-refractivity contribution in [3.8, 4) is 12.3 Å². The quantitative estimate of drug-likeness (QED) is 0.712. The average Bonchev–Trinajstić information content (AvgIpc) is 2.14. The van der Waals surface area contributed by atoms with E-state index in [-0.39, 0.29) is 6.04 Å². The molecule has 0 fully saturated rings. The summed E-state index contributed by atoms with van der Waals surface area (Å²) in [6, 6.07) is 3.50. The molecule has 1 heterocycles. The summed E-state index contributed by atoms with van der Waals surface area (Å²) in [6.45, 7) is 4.12. The second kappa shape index (κ2) is 4.52. The average molecular weight is 189 g/mol. The number of hydrogen-bond acceptors (Lipinski definition) is 3. The van der Waals surface area contributed by atoms with Crippen LogP contribution in [0.4, 0.5) is 11.5 Å². The van der Waals surface area contributed by atoms with Gasteiger partial charge in [0.15, 0.2) is 0 Å². The molecule has 0 saturated carbocycles. The lowest BCUT2D eigenvalue weighted by Crippen LogP contribution is -2.24. The van der Waals surface area contributed by atoms with Crippen molar-refractivity contribution in [2.75, 3.05) is 11.1 Å². The van der Waals surface area contributed by atoms with Gasteiger partial charge >= 0.3 is 0 Å². The molecule has 1 aromatic rings. The van der Waals surface area contributed by atoms with Crippen LogP contribution in [0, 0.1) is 18.3 Å². The van der Waals surface area contributed by atoms with Gasteiger partial charge in [-0.1, -0.05) is 19.8 Å². The molecule has 0 bridgehead atoms. The Labute approximate surface area is 84.7 Å². The van der Waals surface area contributed by atoms with E-state index in [1.54, 1.807) is 18.3 Å². The van der Waals surface area contributed by atoms with Gasteiger partial charge in [0.05, 0.1) is 6.04 Å². The Bertz CT molecular complexity index is 339. The van der Waals surface area contributed by atoms with Crippen LogP contribution in [0.5, 0.6) is 0 Å². The Hall–Kier alpha value is -1.69. The highest BCUT2D eigenvalue weighted by Gasteiger charge is 2.09. The Morgan fingerprint density at radius 3 is 2.79 bits per heavy atom. The zero-order valence-corrected chi connectivity index (χ0v) is 8.49. The fourth-order valence-electron chi connectivity index (χ4n) is 1.09. The van der Waals surface area contributed by atoms with Crippen molar-refractivity contribution in [3.63, 3.8) is 0 Å². The van der Waals surface area contributed by atoms with E-state index in [4.69, 9.17) is 12.2 Å². The second-order valence-electron chi connectivity index (χ2n) is 3.51. The number of hydrogen-bond donors (Lipinski definition) is 2. The standard InChI is InChI=1S/C11H15N3/c1-4-10(8(2)3)14-11-7-9(12)5-6-13-11/h1,5-8,10H,2-3H3,(H3,12,13,14). The van der Waals surface area contributed by atoms with Crippen LogP contribution in [0.25, 0.3) is 0 Å². The highest BCUT2D eigenvalue weighted by molar-refractivity contribution is 5.49. The van der Waals surface area contributed by atoms with Crippen LogP contribution < -0.4 is 11.1 Å². The fraction of sp³-hybridized carbons (Fsp3) is 0.364. The van der Waals surface area contributed by atoms with Gasteiger partial charge in [0.1, 0.15) is 5.82 Å². The molecule has 74 valence electrons. The van der Waals surface area contributed by atoms with Gasteiger partial charge in [0, 0.05) is 18.0 Å². The number of pyridine rings is 1. The number of terminal acetylenes is 1. The van der Waals surface area contributed by atoms with Crippen molar-refractivity contribution < 1.29 is 0 Å². The number of nitrogen functional groups attached to an aromatic ring is 1. The van der Waals surface area contributed by atoms with Crippen molar-refractivity contribution in [2.45, 2.75) is 19.9 Å². The van der Waals surface area contributed by atoms with E-state index >= 15 is 0 Å². The maximum Gasteiger partial charge on any atom is 0.128 e. The lowest BCUT2D eigenvalue weighted by atomic mass is 10.1. The van der Waals surface area contributed by atoms with Crippen molar-refractivity contribution in [1.29, 1.82) is 0 Å². The van der Waals surface area contributed by atoms with Crippen LogP contribution in [0.3, 0.4) is 0 Å². The molecule has 0 saturated heterocycles. The first-order valence-electron chi connectivity index (χ1n) is 4.57. The van der Waals surface area contributed by atoms with Gasteiger partial charge in [-0.05, 0) is 12.0 Å². The topological polar surface area (TPSA) is 50.9 Å². The Balaban J connectivity index is 2.73. The molecule has 0 spiro atoms. The SMILES string of the molecule is C#CC(Nc1cc(N)ccn1)C(C)C. The molecule has 0 aliphatic rings. The van der Waals surface area contributed by atoms with Crippen LogP contribution >= 0.6 is 0 Å². The van der Waals surface area contributed by atoms with Crippen LogP contribution in [-0.2, 0) is 0 Å². The van der Waals surface area contributed by atoms with Gasteiger partial charge in [0.25, 0.3) is 0 Å². The zero-order valence-electron chi connectivity index (χ0n) is 8.49. The number of nitrogens with one attached hydrogen (secondary N) is 1. The molecule has 0 radical (unpaired) electrons. The predicted octanol–water partition coefficient (Wildman–Crippen LogP) is 1.73. The maximum absolute atomic E-state index is 5.62. The minimum Gasteiger partial charge on any atom is -0.399 e. The summed E-state index contributed by atoms with van der Waals surface area (Å²) in [6.07, 6.45) is 7.05. The van der Waals surface area contributed by atoms with Crippen molar-refractivity contribution >= 4 is 11.5 Å². The minimum atomic E-state index is -0.00991. The Morgan fingerprint density at radius 2 is 2.29 bits per heavy atom. The van der Waals surface area contributed by atoms with Gasteiger partial charge in [-0.15, -0.1) is 6.42 Å². The van der Waals surface area contributed by atoms with Crippen molar-refractivity contribution in [1.82, 2.24) is 4.98 Å². The predicted molar refractivity (Wildman–Crippen MR) is 59.7 cm³/mol. The van der Waals surface area contributed by atoms with E-state index in [2.05, 4.69) is 30.1 Å². The van der Waals surface area contributed by atoms with Crippen LogP contribution in [0.15, 0.2) is 18.3 Å². The fourth-order valence-corrected chi connectivity index (χ4v) is 1.09. The van der Waals surface area contributed by atoms with E-state index in [0.717, 1.165) is 5.82 Å². The normalized spacial score (nSPS) is 12.1. The first-order valence-corrected chi connectivity index (χ1v) is 4.57. The number of aromatic nitrogens is 1. The first-order chi connectivity index (χ1) is 6.63. The molecule has 14 heavy (non-hydrogen) atoms. The summed E-state index contributed by atoms with van der Waals surface area (Å²) in [4.78, 5) is 4.12. The summed E-state index contributed by atoms with van der Waals surface area (Å²) in [5.41, 5.74) is 6.30. The number of rotatable bonds is 3. The summed E-state index contributed by atoms with van der Waals surface area (Å²) < 4.78 is 0. The highest BCUT2D eigenvalue weighted by Crippen LogP contribution is 2.12. The van der Waals surface area contributed by atoms with Crippen LogP contribution in [0.2, 0.25) is 0 Å². The van der Waals surface area contributed by atoms with Gasteiger partial charge in [-0.25, -0.2) is 4.98 Å². The number of anilines is 2. The first kappa shape index (κ1) is 10.4.